The van der Waals surface area contributed by atoms with Crippen LogP contribution < -0.4 is 5.73 Å². The predicted octanol–water partition coefficient (Wildman–Crippen LogP) is 1.74. The fraction of sp³-hybridized carbons (Fsp3) is 0.400. The second-order valence-electron chi connectivity index (χ2n) is 5.27. The second-order valence-corrected chi connectivity index (χ2v) is 5.27. The molecular weight excluding hydrogens is 242 g/mol. The summed E-state index contributed by atoms with van der Waals surface area (Å²) in [5.41, 5.74) is 7.77. The third-order valence-electron chi connectivity index (χ3n) is 3.95. The summed E-state index contributed by atoms with van der Waals surface area (Å²) in [7, 11) is 0. The Morgan fingerprint density at radius 3 is 2.68 bits per heavy atom. The minimum absolute atomic E-state index is 0.118. The highest BCUT2D eigenvalue weighted by atomic mass is 16.5. The van der Waals surface area contributed by atoms with Crippen LogP contribution in [-0.4, -0.2) is 23.1 Å². The highest BCUT2D eigenvalue weighted by Crippen LogP contribution is 2.36. The molecule has 0 saturated heterocycles. The summed E-state index contributed by atoms with van der Waals surface area (Å²) in [5.74, 6) is -0.00567. The van der Waals surface area contributed by atoms with Gasteiger partial charge in [-0.3, -0.25) is 4.79 Å². The molecule has 1 saturated carbocycles. The molecule has 3 atom stereocenters. The zero-order valence-corrected chi connectivity index (χ0v) is 10.6. The molecule has 3 rings (SSSR count). The van der Waals surface area contributed by atoms with Crippen LogP contribution in [0.5, 0.6) is 0 Å². The van der Waals surface area contributed by atoms with E-state index in [4.69, 9.17) is 10.5 Å². The number of Topliss-reactive ketones (excluding diaryl/α,β-unsaturated/α-hetero) is 1. The fourth-order valence-electron chi connectivity index (χ4n) is 2.84. The number of nitrogens with two attached hydrogens (primary N) is 1. The van der Waals surface area contributed by atoms with Crippen molar-refractivity contribution in [3.05, 3.63) is 36.1 Å². The largest absolute Gasteiger partial charge is 0.496 e. The van der Waals surface area contributed by atoms with Gasteiger partial charge in [-0.15, -0.1) is 0 Å². The highest BCUT2D eigenvalue weighted by Gasteiger charge is 2.39. The van der Waals surface area contributed by atoms with Crippen molar-refractivity contribution in [3.8, 4) is 0 Å². The smallest absolute Gasteiger partial charge is 0.173 e. The molecule has 3 unspecified atom stereocenters. The Morgan fingerprint density at radius 1 is 1.21 bits per heavy atom. The number of hydrogen-bond donors (Lipinski definition) is 2. The molecule has 100 valence electrons. The number of rotatable bonds is 1. The van der Waals surface area contributed by atoms with E-state index in [0.717, 1.165) is 5.56 Å². The molecule has 3 N–H and O–H groups in total. The third kappa shape index (κ3) is 2.24. The van der Waals surface area contributed by atoms with Crippen LogP contribution in [-0.2, 0) is 9.53 Å². The van der Waals surface area contributed by atoms with Crippen molar-refractivity contribution in [1.29, 1.82) is 0 Å². The Morgan fingerprint density at radius 2 is 1.95 bits per heavy atom. The van der Waals surface area contributed by atoms with Crippen molar-refractivity contribution >= 4 is 17.0 Å². The zero-order chi connectivity index (χ0) is 13.4. The maximum Gasteiger partial charge on any atom is 0.173 e. The van der Waals surface area contributed by atoms with Crippen molar-refractivity contribution in [2.45, 2.75) is 31.5 Å². The zero-order valence-electron chi connectivity index (χ0n) is 10.6. The number of fused-ring (bicyclic) bond motifs is 1. The Labute approximate surface area is 111 Å². The molecule has 1 aromatic rings. The lowest BCUT2D eigenvalue weighted by atomic mass is 9.78. The van der Waals surface area contributed by atoms with Gasteiger partial charge in [-0.05, 0) is 30.5 Å². The molecule has 19 heavy (non-hydrogen) atoms. The molecule has 0 aromatic heterocycles. The average molecular weight is 259 g/mol. The molecule has 4 heteroatoms. The molecular formula is C15H17NO3. The predicted molar refractivity (Wildman–Crippen MR) is 72.1 cm³/mol. The number of hydrogen-bond acceptors (Lipinski definition) is 4. The SMILES string of the molecule is Nc1ccc(C2=COC3CC(O)CCC3C2=O)cc1. The Balaban J connectivity index is 1.88. The van der Waals surface area contributed by atoms with Gasteiger partial charge in [0.05, 0.1) is 23.9 Å². The molecule has 1 aromatic carbocycles. The van der Waals surface area contributed by atoms with Crippen molar-refractivity contribution in [2.75, 3.05) is 5.73 Å². The Kier molecular flexibility index (Phi) is 3.03. The Hall–Kier alpha value is -1.81. The van der Waals surface area contributed by atoms with E-state index in [0.29, 0.717) is 30.5 Å². The number of benzene rings is 1. The van der Waals surface area contributed by atoms with Crippen molar-refractivity contribution in [1.82, 2.24) is 0 Å². The minimum atomic E-state index is -0.347. The van der Waals surface area contributed by atoms with E-state index in [9.17, 15) is 9.90 Å². The van der Waals surface area contributed by atoms with Crippen LogP contribution in [0.25, 0.3) is 5.57 Å². The van der Waals surface area contributed by atoms with E-state index in [1.165, 1.54) is 6.26 Å². The lowest BCUT2D eigenvalue weighted by Crippen LogP contribution is -2.40. The fourth-order valence-corrected chi connectivity index (χ4v) is 2.84. The van der Waals surface area contributed by atoms with E-state index in [2.05, 4.69) is 0 Å². The average Bonchev–Trinajstić information content (AvgIpc) is 2.40. The molecule has 0 spiro atoms. The summed E-state index contributed by atoms with van der Waals surface area (Å²) in [6.45, 7) is 0. The van der Waals surface area contributed by atoms with E-state index < -0.39 is 0 Å². The first-order valence-electron chi connectivity index (χ1n) is 6.59. The molecule has 1 aliphatic carbocycles. The van der Waals surface area contributed by atoms with Gasteiger partial charge in [-0.2, -0.15) is 0 Å². The van der Waals surface area contributed by atoms with Crippen LogP contribution in [0, 0.1) is 5.92 Å². The minimum Gasteiger partial charge on any atom is -0.496 e. The topological polar surface area (TPSA) is 72.6 Å². The van der Waals surface area contributed by atoms with Crippen LogP contribution >= 0.6 is 0 Å². The van der Waals surface area contributed by atoms with Crippen molar-refractivity contribution in [2.24, 2.45) is 5.92 Å². The summed E-state index contributed by atoms with van der Waals surface area (Å²) in [5, 5.41) is 9.62. The van der Waals surface area contributed by atoms with E-state index in [1.807, 2.05) is 12.1 Å². The van der Waals surface area contributed by atoms with E-state index in [1.54, 1.807) is 12.1 Å². The number of carbonyl (C=O) groups excluding carboxylic acids is 1. The molecule has 1 aliphatic heterocycles. The van der Waals surface area contributed by atoms with Gasteiger partial charge in [0.1, 0.15) is 6.10 Å². The molecule has 1 heterocycles. The molecule has 4 nitrogen and oxygen atoms in total. The van der Waals surface area contributed by atoms with Gasteiger partial charge in [-0.1, -0.05) is 12.1 Å². The van der Waals surface area contributed by atoms with Crippen LogP contribution in [0.4, 0.5) is 5.69 Å². The molecule has 2 aliphatic rings. The summed E-state index contributed by atoms with van der Waals surface area (Å²) < 4.78 is 5.65. The lowest BCUT2D eigenvalue weighted by Gasteiger charge is -2.36. The third-order valence-corrected chi connectivity index (χ3v) is 3.95. The molecule has 0 amide bonds. The molecule has 0 bridgehead atoms. The summed E-state index contributed by atoms with van der Waals surface area (Å²) in [4.78, 5) is 12.5. The number of carbonyl (C=O) groups is 1. The van der Waals surface area contributed by atoms with Gasteiger partial charge in [0, 0.05) is 12.1 Å². The van der Waals surface area contributed by atoms with Gasteiger partial charge in [-0.25, -0.2) is 0 Å². The highest BCUT2D eigenvalue weighted by molar-refractivity contribution is 6.22. The maximum atomic E-state index is 12.5. The van der Waals surface area contributed by atoms with Crippen molar-refractivity contribution < 1.29 is 14.6 Å². The number of aliphatic hydroxyl groups excluding tert-OH is 1. The standard InChI is InChI=1S/C15H17NO3/c16-10-3-1-9(2-4-10)13-8-19-14-7-11(17)5-6-12(14)15(13)18/h1-4,8,11-12,14,17H,5-7,16H2. The van der Waals surface area contributed by atoms with Crippen molar-refractivity contribution in [3.63, 3.8) is 0 Å². The van der Waals surface area contributed by atoms with Gasteiger partial charge in [0.2, 0.25) is 0 Å². The number of nitrogen functional groups attached to an aromatic ring is 1. The number of aliphatic hydroxyl groups is 1. The van der Waals surface area contributed by atoms with Crippen LogP contribution in [0.1, 0.15) is 24.8 Å². The van der Waals surface area contributed by atoms with Crippen LogP contribution in [0.2, 0.25) is 0 Å². The quantitative estimate of drug-likeness (QED) is 0.753. The number of allylic oxidation sites excluding steroid dienone is 1. The summed E-state index contributed by atoms with van der Waals surface area (Å²) in [6.07, 6.45) is 2.92. The second kappa shape index (κ2) is 4.70. The molecule has 0 radical (unpaired) electrons. The van der Waals surface area contributed by atoms with Crippen LogP contribution in [0.15, 0.2) is 30.5 Å². The summed E-state index contributed by atoms with van der Waals surface area (Å²) >= 11 is 0. The monoisotopic (exact) mass is 259 g/mol. The van der Waals surface area contributed by atoms with Gasteiger partial charge in [0.25, 0.3) is 0 Å². The van der Waals surface area contributed by atoms with E-state index in [-0.39, 0.29) is 23.9 Å². The first-order valence-corrected chi connectivity index (χ1v) is 6.59. The summed E-state index contributed by atoms with van der Waals surface area (Å²) in [6, 6.07) is 7.22. The molecule has 1 fully saturated rings. The lowest BCUT2D eigenvalue weighted by molar-refractivity contribution is -0.126. The Bertz CT molecular complexity index is 521. The van der Waals surface area contributed by atoms with Gasteiger partial charge >= 0.3 is 0 Å². The van der Waals surface area contributed by atoms with E-state index >= 15 is 0 Å². The first kappa shape index (κ1) is 12.2. The number of ether oxygens (including phenoxy) is 1. The van der Waals surface area contributed by atoms with Gasteiger partial charge in [0.15, 0.2) is 5.78 Å². The van der Waals surface area contributed by atoms with Gasteiger partial charge < -0.3 is 15.6 Å². The maximum absolute atomic E-state index is 12.5. The van der Waals surface area contributed by atoms with Crippen LogP contribution in [0.3, 0.4) is 0 Å². The number of ketones is 1. The first-order chi connectivity index (χ1) is 9.15. The normalized spacial score (nSPS) is 30.3. The number of anilines is 1.